The predicted octanol–water partition coefficient (Wildman–Crippen LogP) is 2.33. The molecule has 0 saturated heterocycles. The summed E-state index contributed by atoms with van der Waals surface area (Å²) in [6, 6.07) is 6.31. The molecule has 0 aromatic heterocycles. The second kappa shape index (κ2) is 8.79. The van der Waals surface area contributed by atoms with Gasteiger partial charge in [0.1, 0.15) is 5.75 Å². The summed E-state index contributed by atoms with van der Waals surface area (Å²) < 4.78 is 28.5. The third-order valence-corrected chi connectivity index (χ3v) is 3.03. The van der Waals surface area contributed by atoms with E-state index in [0.717, 1.165) is 18.0 Å². The molecule has 1 aromatic carbocycles. The quantitative estimate of drug-likeness (QED) is 0.773. The number of rotatable bonds is 8. The van der Waals surface area contributed by atoms with Crippen LogP contribution in [0.15, 0.2) is 24.3 Å². The molecule has 1 fully saturated rings. The van der Waals surface area contributed by atoms with Crippen LogP contribution in [0.2, 0.25) is 0 Å². The summed E-state index contributed by atoms with van der Waals surface area (Å²) in [7, 11) is 0. The highest BCUT2D eigenvalue weighted by atomic mass is 35.5. The van der Waals surface area contributed by atoms with Crippen LogP contribution in [0, 0.1) is 5.92 Å². The Morgan fingerprint density at radius 2 is 2.14 bits per heavy atom. The maximum Gasteiger partial charge on any atom is 0.387 e. The zero-order valence-electron chi connectivity index (χ0n) is 11.5. The first-order valence-corrected chi connectivity index (χ1v) is 6.64. The lowest BCUT2D eigenvalue weighted by molar-refractivity contribution is -0.120. The molecule has 1 amide bonds. The van der Waals surface area contributed by atoms with Crippen LogP contribution in [-0.2, 0) is 11.3 Å². The van der Waals surface area contributed by atoms with Gasteiger partial charge in [0.2, 0.25) is 5.91 Å². The van der Waals surface area contributed by atoms with E-state index < -0.39 is 6.61 Å². The number of amides is 1. The Morgan fingerprint density at radius 1 is 1.38 bits per heavy atom. The first-order valence-electron chi connectivity index (χ1n) is 6.64. The predicted molar refractivity (Wildman–Crippen MR) is 77.8 cm³/mol. The highest BCUT2D eigenvalue weighted by Gasteiger charge is 2.20. The van der Waals surface area contributed by atoms with Gasteiger partial charge in [-0.25, -0.2) is 0 Å². The summed E-state index contributed by atoms with van der Waals surface area (Å²) in [5, 5.41) is 5.81. The molecule has 0 aliphatic heterocycles. The topological polar surface area (TPSA) is 50.4 Å². The number of halogens is 3. The number of hydrogen-bond acceptors (Lipinski definition) is 3. The summed E-state index contributed by atoms with van der Waals surface area (Å²) in [5.74, 6) is 0.718. The largest absolute Gasteiger partial charge is 0.435 e. The van der Waals surface area contributed by atoms with Crippen LogP contribution in [0.1, 0.15) is 18.4 Å². The SMILES string of the molecule is Cl.O=C(CNCC1CC1)NCc1cccc(OC(F)F)c1. The highest BCUT2D eigenvalue weighted by Crippen LogP contribution is 2.27. The smallest absolute Gasteiger partial charge is 0.387 e. The molecule has 0 radical (unpaired) electrons. The van der Waals surface area contributed by atoms with E-state index >= 15 is 0 Å². The monoisotopic (exact) mass is 320 g/mol. The van der Waals surface area contributed by atoms with Gasteiger partial charge in [-0.05, 0) is 43.0 Å². The van der Waals surface area contributed by atoms with E-state index in [0.29, 0.717) is 6.54 Å². The van der Waals surface area contributed by atoms with Crippen molar-refractivity contribution in [2.24, 2.45) is 5.92 Å². The first kappa shape index (κ1) is 17.7. The first-order chi connectivity index (χ1) is 9.63. The van der Waals surface area contributed by atoms with Crippen LogP contribution < -0.4 is 15.4 Å². The van der Waals surface area contributed by atoms with Gasteiger partial charge in [-0.3, -0.25) is 4.79 Å². The number of carbonyl (C=O) groups is 1. The fourth-order valence-corrected chi connectivity index (χ4v) is 1.81. The second-order valence-electron chi connectivity index (χ2n) is 4.88. The molecule has 118 valence electrons. The summed E-state index contributed by atoms with van der Waals surface area (Å²) in [6.45, 7) is -1.38. The molecule has 2 rings (SSSR count). The van der Waals surface area contributed by atoms with Gasteiger partial charge in [-0.1, -0.05) is 12.1 Å². The van der Waals surface area contributed by atoms with Crippen molar-refractivity contribution in [1.29, 1.82) is 0 Å². The Labute approximate surface area is 128 Å². The number of hydrogen-bond donors (Lipinski definition) is 2. The summed E-state index contributed by atoms with van der Waals surface area (Å²) >= 11 is 0. The average molecular weight is 321 g/mol. The molecule has 0 atom stereocenters. The minimum Gasteiger partial charge on any atom is -0.435 e. The van der Waals surface area contributed by atoms with Crippen LogP contribution >= 0.6 is 12.4 Å². The summed E-state index contributed by atoms with van der Waals surface area (Å²) in [5.41, 5.74) is 0.721. The molecule has 2 N–H and O–H groups in total. The number of ether oxygens (including phenoxy) is 1. The molecular weight excluding hydrogens is 302 g/mol. The molecule has 1 saturated carbocycles. The van der Waals surface area contributed by atoms with Crippen molar-refractivity contribution in [3.05, 3.63) is 29.8 Å². The third-order valence-electron chi connectivity index (χ3n) is 3.03. The zero-order chi connectivity index (χ0) is 14.4. The molecule has 7 heteroatoms. The lowest BCUT2D eigenvalue weighted by Gasteiger charge is -2.08. The molecule has 0 bridgehead atoms. The third kappa shape index (κ3) is 7.24. The molecule has 1 aliphatic rings. The van der Waals surface area contributed by atoms with Crippen LogP contribution in [0.4, 0.5) is 8.78 Å². The van der Waals surface area contributed by atoms with Gasteiger partial charge in [-0.2, -0.15) is 8.78 Å². The van der Waals surface area contributed by atoms with Gasteiger partial charge in [0.05, 0.1) is 6.54 Å². The molecule has 21 heavy (non-hydrogen) atoms. The van der Waals surface area contributed by atoms with Crippen molar-refractivity contribution in [3.8, 4) is 5.75 Å². The van der Waals surface area contributed by atoms with Gasteiger partial charge in [-0.15, -0.1) is 12.4 Å². The van der Waals surface area contributed by atoms with Crippen molar-refractivity contribution >= 4 is 18.3 Å². The van der Waals surface area contributed by atoms with Crippen LogP contribution in [0.3, 0.4) is 0 Å². The van der Waals surface area contributed by atoms with Gasteiger partial charge < -0.3 is 15.4 Å². The van der Waals surface area contributed by atoms with Crippen molar-refractivity contribution in [2.75, 3.05) is 13.1 Å². The van der Waals surface area contributed by atoms with Crippen LogP contribution in [-0.4, -0.2) is 25.6 Å². The van der Waals surface area contributed by atoms with E-state index in [9.17, 15) is 13.6 Å². The van der Waals surface area contributed by atoms with Crippen LogP contribution in [0.25, 0.3) is 0 Å². The van der Waals surface area contributed by atoms with Gasteiger partial charge in [0, 0.05) is 6.54 Å². The van der Waals surface area contributed by atoms with E-state index in [2.05, 4.69) is 15.4 Å². The zero-order valence-corrected chi connectivity index (χ0v) is 12.3. The van der Waals surface area contributed by atoms with Crippen LogP contribution in [0.5, 0.6) is 5.75 Å². The average Bonchev–Trinajstić information content (AvgIpc) is 3.20. The van der Waals surface area contributed by atoms with Crippen molar-refractivity contribution < 1.29 is 18.3 Å². The fraction of sp³-hybridized carbons (Fsp3) is 0.500. The van der Waals surface area contributed by atoms with E-state index in [4.69, 9.17) is 0 Å². The Hall–Kier alpha value is -1.40. The van der Waals surface area contributed by atoms with E-state index in [1.165, 1.54) is 25.0 Å². The lowest BCUT2D eigenvalue weighted by Crippen LogP contribution is -2.34. The molecule has 0 spiro atoms. The molecule has 1 aliphatic carbocycles. The molecule has 0 unspecified atom stereocenters. The van der Waals surface area contributed by atoms with Gasteiger partial charge in [0.15, 0.2) is 0 Å². The van der Waals surface area contributed by atoms with E-state index in [1.54, 1.807) is 12.1 Å². The minimum atomic E-state index is -2.84. The number of alkyl halides is 2. The standard InChI is InChI=1S/C14H18F2N2O2.ClH/c15-14(16)20-12-3-1-2-11(6-12)8-18-13(19)9-17-7-10-4-5-10;/h1-3,6,10,14,17H,4-5,7-9H2,(H,18,19);1H. The van der Waals surface area contributed by atoms with E-state index in [1.807, 2.05) is 0 Å². The van der Waals surface area contributed by atoms with Crippen molar-refractivity contribution in [1.82, 2.24) is 10.6 Å². The number of nitrogens with one attached hydrogen (secondary N) is 2. The Bertz CT molecular complexity index is 456. The van der Waals surface area contributed by atoms with Gasteiger partial charge >= 0.3 is 6.61 Å². The minimum absolute atomic E-state index is 0. The van der Waals surface area contributed by atoms with Crippen molar-refractivity contribution in [3.63, 3.8) is 0 Å². The molecular formula is C14H19ClF2N2O2. The lowest BCUT2D eigenvalue weighted by atomic mass is 10.2. The normalized spacial score (nSPS) is 13.7. The Balaban J connectivity index is 0.00000220. The van der Waals surface area contributed by atoms with E-state index in [-0.39, 0.29) is 30.6 Å². The summed E-state index contributed by atoms with van der Waals surface area (Å²) in [6.07, 6.45) is 2.48. The second-order valence-corrected chi connectivity index (χ2v) is 4.88. The Morgan fingerprint density at radius 3 is 2.81 bits per heavy atom. The Kier molecular flexibility index (Phi) is 7.39. The fourth-order valence-electron chi connectivity index (χ4n) is 1.81. The van der Waals surface area contributed by atoms with Gasteiger partial charge in [0.25, 0.3) is 0 Å². The molecule has 0 heterocycles. The highest BCUT2D eigenvalue weighted by molar-refractivity contribution is 5.85. The van der Waals surface area contributed by atoms with Crippen molar-refractivity contribution in [2.45, 2.75) is 26.0 Å². The maximum atomic E-state index is 12.1. The maximum absolute atomic E-state index is 12.1. The molecule has 1 aromatic rings. The number of carbonyl (C=O) groups excluding carboxylic acids is 1. The molecule has 4 nitrogen and oxygen atoms in total. The number of benzene rings is 1. The summed E-state index contributed by atoms with van der Waals surface area (Å²) in [4.78, 5) is 11.6.